The van der Waals surface area contributed by atoms with E-state index in [0.29, 0.717) is 30.4 Å². The predicted molar refractivity (Wildman–Crippen MR) is 67.3 cm³/mol. The van der Waals surface area contributed by atoms with Crippen molar-refractivity contribution >= 4 is 11.7 Å². The molecule has 1 fully saturated rings. The van der Waals surface area contributed by atoms with Gasteiger partial charge in [0.1, 0.15) is 13.2 Å². The van der Waals surface area contributed by atoms with Crippen molar-refractivity contribution in [3.63, 3.8) is 0 Å². The molecule has 5 heteroatoms. The van der Waals surface area contributed by atoms with Crippen molar-refractivity contribution in [3.05, 3.63) is 18.2 Å². The van der Waals surface area contributed by atoms with Gasteiger partial charge in [-0.15, -0.1) is 0 Å². The first kappa shape index (κ1) is 11.2. The molecule has 2 aliphatic heterocycles. The van der Waals surface area contributed by atoms with Gasteiger partial charge in [-0.05, 0) is 25.0 Å². The van der Waals surface area contributed by atoms with E-state index in [2.05, 4.69) is 5.32 Å². The Kier molecular flexibility index (Phi) is 2.96. The zero-order valence-corrected chi connectivity index (χ0v) is 10.1. The van der Waals surface area contributed by atoms with Crippen molar-refractivity contribution in [1.29, 1.82) is 0 Å². The summed E-state index contributed by atoms with van der Waals surface area (Å²) in [6, 6.07) is 5.48. The number of rotatable bonds is 1. The number of amides is 2. The number of fused-ring (bicyclic) bond motifs is 1. The SMILES string of the molecule is O=C(Nc1cccc2c1OCCO2)N1CCCC1. The summed E-state index contributed by atoms with van der Waals surface area (Å²) in [5.74, 6) is 1.33. The molecule has 1 aromatic carbocycles. The van der Waals surface area contributed by atoms with Gasteiger partial charge in [-0.1, -0.05) is 6.07 Å². The lowest BCUT2D eigenvalue weighted by Gasteiger charge is -2.22. The molecule has 18 heavy (non-hydrogen) atoms. The Morgan fingerprint density at radius 1 is 1.17 bits per heavy atom. The van der Waals surface area contributed by atoms with Gasteiger partial charge in [0.25, 0.3) is 0 Å². The largest absolute Gasteiger partial charge is 0.486 e. The van der Waals surface area contributed by atoms with Gasteiger partial charge in [0.2, 0.25) is 0 Å². The summed E-state index contributed by atoms with van der Waals surface area (Å²) in [5, 5.41) is 2.89. The van der Waals surface area contributed by atoms with E-state index in [1.165, 1.54) is 0 Å². The van der Waals surface area contributed by atoms with Crippen LogP contribution in [0.4, 0.5) is 10.5 Å². The Labute approximate surface area is 106 Å². The van der Waals surface area contributed by atoms with Gasteiger partial charge < -0.3 is 19.7 Å². The molecule has 0 atom stereocenters. The smallest absolute Gasteiger partial charge is 0.321 e. The second-order valence-electron chi connectivity index (χ2n) is 4.45. The first-order valence-corrected chi connectivity index (χ1v) is 6.29. The Balaban J connectivity index is 1.77. The van der Waals surface area contributed by atoms with Crippen molar-refractivity contribution in [3.8, 4) is 11.5 Å². The number of urea groups is 1. The van der Waals surface area contributed by atoms with Crippen LogP contribution in [0.25, 0.3) is 0 Å². The molecule has 1 N–H and O–H groups in total. The molecule has 0 radical (unpaired) electrons. The minimum absolute atomic E-state index is 0.0601. The first-order valence-electron chi connectivity index (χ1n) is 6.29. The summed E-state index contributed by atoms with van der Waals surface area (Å²) in [5.41, 5.74) is 0.684. The molecule has 1 saturated heterocycles. The number of likely N-dealkylation sites (tertiary alicyclic amines) is 1. The fourth-order valence-electron chi connectivity index (χ4n) is 2.29. The zero-order valence-electron chi connectivity index (χ0n) is 10.1. The normalized spacial score (nSPS) is 17.7. The highest BCUT2D eigenvalue weighted by atomic mass is 16.6. The Bertz CT molecular complexity index is 456. The van der Waals surface area contributed by atoms with E-state index in [1.54, 1.807) is 0 Å². The molecule has 2 amide bonds. The fourth-order valence-corrected chi connectivity index (χ4v) is 2.29. The number of para-hydroxylation sites is 1. The van der Waals surface area contributed by atoms with Gasteiger partial charge in [-0.25, -0.2) is 4.79 Å². The minimum Gasteiger partial charge on any atom is -0.486 e. The van der Waals surface area contributed by atoms with Crippen LogP contribution < -0.4 is 14.8 Å². The third kappa shape index (κ3) is 2.08. The third-order valence-electron chi connectivity index (χ3n) is 3.20. The predicted octanol–water partition coefficient (Wildman–Crippen LogP) is 2.09. The van der Waals surface area contributed by atoms with Gasteiger partial charge in [-0.3, -0.25) is 0 Å². The third-order valence-corrected chi connectivity index (χ3v) is 3.20. The molecule has 5 nitrogen and oxygen atoms in total. The van der Waals surface area contributed by atoms with Gasteiger partial charge in [0, 0.05) is 13.1 Å². The molecular formula is C13H16N2O3. The number of hydrogen-bond donors (Lipinski definition) is 1. The van der Waals surface area contributed by atoms with Crippen LogP contribution >= 0.6 is 0 Å². The molecule has 0 bridgehead atoms. The van der Waals surface area contributed by atoms with Crippen LogP contribution in [-0.4, -0.2) is 37.2 Å². The average Bonchev–Trinajstić information content (AvgIpc) is 2.93. The summed E-state index contributed by atoms with van der Waals surface area (Å²) in [7, 11) is 0. The van der Waals surface area contributed by atoms with E-state index in [-0.39, 0.29) is 6.03 Å². The molecule has 96 valence electrons. The van der Waals surface area contributed by atoms with Crippen LogP contribution in [0, 0.1) is 0 Å². The average molecular weight is 248 g/mol. The molecule has 2 aliphatic rings. The lowest BCUT2D eigenvalue weighted by molar-refractivity contribution is 0.172. The maximum absolute atomic E-state index is 12.0. The molecule has 0 spiro atoms. The van der Waals surface area contributed by atoms with E-state index in [0.717, 1.165) is 25.9 Å². The number of nitrogens with zero attached hydrogens (tertiary/aromatic N) is 1. The number of ether oxygens (including phenoxy) is 2. The number of carbonyl (C=O) groups is 1. The van der Waals surface area contributed by atoms with E-state index in [4.69, 9.17) is 9.47 Å². The second-order valence-corrected chi connectivity index (χ2v) is 4.45. The molecular weight excluding hydrogens is 232 g/mol. The van der Waals surface area contributed by atoms with E-state index in [1.807, 2.05) is 23.1 Å². The van der Waals surface area contributed by atoms with Crippen LogP contribution in [0.2, 0.25) is 0 Å². The monoisotopic (exact) mass is 248 g/mol. The maximum Gasteiger partial charge on any atom is 0.321 e. The molecule has 0 aliphatic carbocycles. The first-order chi connectivity index (χ1) is 8.84. The molecule has 0 unspecified atom stereocenters. The van der Waals surface area contributed by atoms with Crippen molar-refractivity contribution in [2.45, 2.75) is 12.8 Å². The number of hydrogen-bond acceptors (Lipinski definition) is 3. The maximum atomic E-state index is 12.0. The Hall–Kier alpha value is -1.91. The molecule has 0 aromatic heterocycles. The van der Waals surface area contributed by atoms with Crippen LogP contribution in [0.3, 0.4) is 0 Å². The highest BCUT2D eigenvalue weighted by molar-refractivity contribution is 5.91. The summed E-state index contributed by atoms with van der Waals surface area (Å²) < 4.78 is 11.0. The quantitative estimate of drug-likeness (QED) is 0.828. The molecule has 1 aromatic rings. The van der Waals surface area contributed by atoms with Crippen molar-refractivity contribution in [1.82, 2.24) is 4.90 Å². The number of carbonyl (C=O) groups excluding carboxylic acids is 1. The lowest BCUT2D eigenvalue weighted by Crippen LogP contribution is -2.32. The van der Waals surface area contributed by atoms with Gasteiger partial charge in [-0.2, -0.15) is 0 Å². The molecule has 3 rings (SSSR count). The minimum atomic E-state index is -0.0601. The summed E-state index contributed by atoms with van der Waals surface area (Å²) in [6.45, 7) is 2.73. The standard InChI is InChI=1S/C13H16N2O3/c16-13(15-6-1-2-7-15)14-10-4-3-5-11-12(10)18-9-8-17-11/h3-5H,1-2,6-9H2,(H,14,16). The topological polar surface area (TPSA) is 50.8 Å². The van der Waals surface area contributed by atoms with Crippen LogP contribution in [0.5, 0.6) is 11.5 Å². The van der Waals surface area contributed by atoms with E-state index in [9.17, 15) is 4.79 Å². The molecule has 2 heterocycles. The van der Waals surface area contributed by atoms with Crippen molar-refractivity contribution in [2.75, 3.05) is 31.6 Å². The Morgan fingerprint density at radius 3 is 2.78 bits per heavy atom. The lowest BCUT2D eigenvalue weighted by atomic mass is 10.2. The number of benzene rings is 1. The van der Waals surface area contributed by atoms with Gasteiger partial charge in [0.05, 0.1) is 5.69 Å². The fraction of sp³-hybridized carbons (Fsp3) is 0.462. The van der Waals surface area contributed by atoms with E-state index < -0.39 is 0 Å². The van der Waals surface area contributed by atoms with Crippen molar-refractivity contribution < 1.29 is 14.3 Å². The summed E-state index contributed by atoms with van der Waals surface area (Å²) in [4.78, 5) is 13.8. The summed E-state index contributed by atoms with van der Waals surface area (Å²) >= 11 is 0. The Morgan fingerprint density at radius 2 is 1.94 bits per heavy atom. The summed E-state index contributed by atoms with van der Waals surface area (Å²) in [6.07, 6.45) is 2.17. The number of nitrogens with one attached hydrogen (secondary N) is 1. The number of anilines is 1. The van der Waals surface area contributed by atoms with Crippen molar-refractivity contribution in [2.24, 2.45) is 0 Å². The van der Waals surface area contributed by atoms with Crippen LogP contribution in [0.15, 0.2) is 18.2 Å². The zero-order chi connectivity index (χ0) is 12.4. The second kappa shape index (κ2) is 4.76. The van der Waals surface area contributed by atoms with Gasteiger partial charge in [0.15, 0.2) is 11.5 Å². The van der Waals surface area contributed by atoms with Gasteiger partial charge >= 0.3 is 6.03 Å². The highest BCUT2D eigenvalue weighted by Gasteiger charge is 2.21. The molecule has 0 saturated carbocycles. The van der Waals surface area contributed by atoms with Crippen LogP contribution in [-0.2, 0) is 0 Å². The highest BCUT2D eigenvalue weighted by Crippen LogP contribution is 2.37. The van der Waals surface area contributed by atoms with E-state index >= 15 is 0 Å². The van der Waals surface area contributed by atoms with Crippen LogP contribution in [0.1, 0.15) is 12.8 Å².